The van der Waals surface area contributed by atoms with Crippen LogP contribution in [0.25, 0.3) is 22.0 Å². The molecular weight excluding hydrogens is 474 g/mol. The predicted molar refractivity (Wildman–Crippen MR) is 118 cm³/mol. The summed E-state index contributed by atoms with van der Waals surface area (Å²) in [6.07, 6.45) is 2.80. The fraction of sp³-hybridized carbons (Fsp3) is 0.0455. The summed E-state index contributed by atoms with van der Waals surface area (Å²) in [6.45, 7) is 0. The average molecular weight is 487 g/mol. The maximum atomic E-state index is 14.1. The van der Waals surface area contributed by atoms with Gasteiger partial charge in [-0.15, -0.1) is 0 Å². The number of methoxy groups -OCH3 is 1. The third kappa shape index (κ3) is 4.16. The zero-order valence-corrected chi connectivity index (χ0v) is 18.4. The number of pyridine rings is 2. The first kappa shape index (κ1) is 22.4. The number of nitriles is 1. The zero-order valence-electron chi connectivity index (χ0n) is 16.8. The minimum absolute atomic E-state index is 0.105. The minimum Gasteiger partial charge on any atom is -0.480 e. The van der Waals surface area contributed by atoms with Crippen LogP contribution in [-0.4, -0.2) is 25.5 Å². The number of rotatable bonds is 5. The number of nitrogens with one attached hydrogen (secondary N) is 1. The van der Waals surface area contributed by atoms with E-state index >= 15 is 0 Å². The number of fused-ring (bicyclic) bond motifs is 1. The van der Waals surface area contributed by atoms with Gasteiger partial charge in [-0.05, 0) is 35.9 Å². The van der Waals surface area contributed by atoms with Crippen molar-refractivity contribution in [2.24, 2.45) is 0 Å². The van der Waals surface area contributed by atoms with Crippen molar-refractivity contribution in [2.75, 3.05) is 11.8 Å². The molecule has 4 rings (SSSR count). The third-order valence-electron chi connectivity index (χ3n) is 4.73. The van der Waals surface area contributed by atoms with E-state index in [4.69, 9.17) is 16.3 Å². The number of anilines is 1. The SMILES string of the molecule is COc1ncc(-c2ccc3ncc(C#N)c(Cl)c3c2)cc1NS(=O)(=O)c1c(F)cccc1F. The van der Waals surface area contributed by atoms with Crippen molar-refractivity contribution in [3.63, 3.8) is 0 Å². The van der Waals surface area contributed by atoms with Crippen LogP contribution in [0.15, 0.2) is 59.8 Å². The Labute approximate surface area is 192 Å². The molecule has 0 aliphatic carbocycles. The van der Waals surface area contributed by atoms with Crippen LogP contribution in [0, 0.1) is 23.0 Å². The highest BCUT2D eigenvalue weighted by atomic mass is 35.5. The van der Waals surface area contributed by atoms with Crippen molar-refractivity contribution in [1.82, 2.24) is 9.97 Å². The van der Waals surface area contributed by atoms with Gasteiger partial charge in [0.25, 0.3) is 10.0 Å². The molecule has 0 aliphatic rings. The van der Waals surface area contributed by atoms with Gasteiger partial charge in [0.1, 0.15) is 23.4 Å². The number of sulfonamides is 1. The van der Waals surface area contributed by atoms with Crippen molar-refractivity contribution in [3.8, 4) is 23.1 Å². The molecule has 33 heavy (non-hydrogen) atoms. The van der Waals surface area contributed by atoms with Crippen molar-refractivity contribution in [2.45, 2.75) is 4.90 Å². The third-order valence-corrected chi connectivity index (χ3v) is 6.56. The van der Waals surface area contributed by atoms with E-state index in [0.717, 1.165) is 18.2 Å². The molecule has 4 aromatic rings. The monoisotopic (exact) mass is 486 g/mol. The van der Waals surface area contributed by atoms with E-state index in [1.54, 1.807) is 18.2 Å². The Morgan fingerprint density at radius 2 is 1.79 bits per heavy atom. The Morgan fingerprint density at radius 3 is 2.45 bits per heavy atom. The molecule has 0 unspecified atom stereocenters. The summed E-state index contributed by atoms with van der Waals surface area (Å²) in [7, 11) is -3.37. The van der Waals surface area contributed by atoms with Crippen LogP contribution in [0.1, 0.15) is 5.56 Å². The van der Waals surface area contributed by atoms with Gasteiger partial charge >= 0.3 is 0 Å². The Kier molecular flexibility index (Phi) is 5.84. The van der Waals surface area contributed by atoms with Crippen molar-refractivity contribution >= 4 is 38.2 Å². The van der Waals surface area contributed by atoms with E-state index in [1.807, 2.05) is 6.07 Å². The number of hydrogen-bond donors (Lipinski definition) is 1. The lowest BCUT2D eigenvalue weighted by molar-refractivity contribution is 0.400. The number of benzene rings is 2. The number of ether oxygens (including phenoxy) is 1. The molecule has 2 heterocycles. The highest BCUT2D eigenvalue weighted by Gasteiger charge is 2.25. The van der Waals surface area contributed by atoms with E-state index in [0.29, 0.717) is 22.0 Å². The number of halogens is 3. The van der Waals surface area contributed by atoms with Crippen LogP contribution in [-0.2, 0) is 10.0 Å². The summed E-state index contributed by atoms with van der Waals surface area (Å²) in [6, 6.07) is 11.2. The maximum Gasteiger partial charge on any atom is 0.267 e. The minimum atomic E-state index is -4.64. The molecule has 0 fully saturated rings. The van der Waals surface area contributed by atoms with Gasteiger partial charge in [-0.2, -0.15) is 5.26 Å². The molecule has 2 aromatic heterocycles. The van der Waals surface area contributed by atoms with Crippen LogP contribution in [0.3, 0.4) is 0 Å². The summed E-state index contributed by atoms with van der Waals surface area (Å²) in [5.41, 5.74) is 1.65. The lowest BCUT2D eigenvalue weighted by atomic mass is 10.0. The van der Waals surface area contributed by atoms with Gasteiger partial charge in [-0.3, -0.25) is 9.71 Å². The normalized spacial score (nSPS) is 11.2. The van der Waals surface area contributed by atoms with Crippen LogP contribution >= 0.6 is 11.6 Å². The Morgan fingerprint density at radius 1 is 1.06 bits per heavy atom. The van der Waals surface area contributed by atoms with Gasteiger partial charge < -0.3 is 4.74 Å². The van der Waals surface area contributed by atoms with Gasteiger partial charge in [0, 0.05) is 23.3 Å². The first-order chi connectivity index (χ1) is 15.7. The van der Waals surface area contributed by atoms with Gasteiger partial charge in [-0.25, -0.2) is 22.2 Å². The molecule has 11 heteroatoms. The molecule has 0 saturated carbocycles. The van der Waals surface area contributed by atoms with E-state index < -0.39 is 26.6 Å². The predicted octanol–water partition coefficient (Wildman–Crippen LogP) is 4.91. The average Bonchev–Trinajstić information content (AvgIpc) is 2.78. The lowest BCUT2D eigenvalue weighted by Gasteiger charge is -2.14. The molecule has 7 nitrogen and oxygen atoms in total. The molecule has 0 atom stereocenters. The van der Waals surface area contributed by atoms with E-state index in [-0.39, 0.29) is 22.2 Å². The van der Waals surface area contributed by atoms with Crippen LogP contribution in [0.4, 0.5) is 14.5 Å². The summed E-state index contributed by atoms with van der Waals surface area (Å²) in [4.78, 5) is 7.16. The molecule has 0 aliphatic heterocycles. The van der Waals surface area contributed by atoms with Crippen LogP contribution in [0.5, 0.6) is 5.88 Å². The van der Waals surface area contributed by atoms with Gasteiger partial charge in [-0.1, -0.05) is 23.7 Å². The number of nitrogens with zero attached hydrogens (tertiary/aromatic N) is 3. The molecule has 0 spiro atoms. The molecule has 0 bridgehead atoms. The fourth-order valence-corrected chi connectivity index (χ4v) is 4.63. The van der Waals surface area contributed by atoms with E-state index in [9.17, 15) is 22.5 Å². The smallest absolute Gasteiger partial charge is 0.267 e. The van der Waals surface area contributed by atoms with Crippen LogP contribution in [0.2, 0.25) is 5.02 Å². The van der Waals surface area contributed by atoms with Crippen molar-refractivity contribution in [1.29, 1.82) is 5.26 Å². The highest BCUT2D eigenvalue weighted by Crippen LogP contribution is 2.34. The number of aromatic nitrogens is 2. The second kappa shape index (κ2) is 8.61. The van der Waals surface area contributed by atoms with E-state index in [1.165, 1.54) is 25.6 Å². The molecule has 166 valence electrons. The Balaban J connectivity index is 1.81. The Bertz CT molecular complexity index is 1540. The molecule has 0 radical (unpaired) electrons. The first-order valence-electron chi connectivity index (χ1n) is 9.24. The molecular formula is C22H13ClF2N4O3S. The molecule has 1 N–H and O–H groups in total. The lowest BCUT2D eigenvalue weighted by Crippen LogP contribution is -2.17. The largest absolute Gasteiger partial charge is 0.480 e. The second-order valence-electron chi connectivity index (χ2n) is 6.77. The maximum absolute atomic E-state index is 14.1. The van der Waals surface area contributed by atoms with Gasteiger partial charge in [0.2, 0.25) is 5.88 Å². The summed E-state index contributed by atoms with van der Waals surface area (Å²) >= 11 is 6.30. The standard InChI is InChI=1S/C22H13ClF2N4O3S/c1-32-22-19(29-33(30,31)21-16(24)3-2-4-17(21)25)8-13(10-28-22)12-5-6-18-15(7-12)20(23)14(9-26)11-27-18/h2-8,10-11,29H,1H3. The van der Waals surface area contributed by atoms with Crippen molar-refractivity contribution < 1.29 is 21.9 Å². The molecule has 2 aromatic carbocycles. The molecule has 0 amide bonds. The van der Waals surface area contributed by atoms with Gasteiger partial charge in [0.05, 0.1) is 23.2 Å². The van der Waals surface area contributed by atoms with E-state index in [2.05, 4.69) is 14.7 Å². The van der Waals surface area contributed by atoms with Crippen molar-refractivity contribution in [3.05, 3.63) is 77.1 Å². The molecule has 0 saturated heterocycles. The van der Waals surface area contributed by atoms with Gasteiger partial charge in [0.15, 0.2) is 4.90 Å². The quantitative estimate of drug-likeness (QED) is 0.429. The number of hydrogen-bond acceptors (Lipinski definition) is 6. The highest BCUT2D eigenvalue weighted by molar-refractivity contribution is 7.92. The topological polar surface area (TPSA) is 105 Å². The summed E-state index contributed by atoms with van der Waals surface area (Å²) in [5.74, 6) is -2.59. The van der Waals surface area contributed by atoms with Crippen LogP contribution < -0.4 is 9.46 Å². The first-order valence-corrected chi connectivity index (χ1v) is 11.1. The Hall–Kier alpha value is -3.81. The fourth-order valence-electron chi connectivity index (χ4n) is 3.20. The summed E-state index contributed by atoms with van der Waals surface area (Å²) in [5, 5.41) is 9.92. The second-order valence-corrected chi connectivity index (χ2v) is 8.76. The summed E-state index contributed by atoms with van der Waals surface area (Å²) < 4.78 is 60.8. The zero-order chi connectivity index (χ0) is 23.8.